The maximum atomic E-state index is 13.3. The summed E-state index contributed by atoms with van der Waals surface area (Å²) < 4.78 is 13.3. The van der Waals surface area contributed by atoms with Crippen molar-refractivity contribution in [2.45, 2.75) is 19.3 Å². The Kier molecular flexibility index (Phi) is 3.40. The third-order valence-corrected chi connectivity index (χ3v) is 3.84. The molecule has 0 aromatic heterocycles. The molecule has 0 fully saturated rings. The van der Waals surface area contributed by atoms with Gasteiger partial charge in [-0.15, -0.1) is 0 Å². The number of hydrogen-bond acceptors (Lipinski definition) is 2. The predicted octanol–water partition coefficient (Wildman–Crippen LogP) is 3.69. The normalized spacial score (nSPS) is 13.1. The minimum atomic E-state index is -0.340. The van der Waals surface area contributed by atoms with Crippen LogP contribution in [-0.2, 0) is 12.8 Å². The maximum absolute atomic E-state index is 13.3. The molecule has 1 aliphatic rings. The van der Waals surface area contributed by atoms with E-state index in [1.807, 2.05) is 6.07 Å². The zero-order valence-corrected chi connectivity index (χ0v) is 11.8. The van der Waals surface area contributed by atoms with Crippen molar-refractivity contribution < 1.29 is 4.39 Å². The Hall–Kier alpha value is -1.94. The molecule has 0 radical (unpaired) electrons. The molecule has 0 spiro atoms. The number of nitrogens with one attached hydrogen (secondary N) is 1. The Morgan fingerprint density at radius 2 is 1.90 bits per heavy atom. The lowest BCUT2D eigenvalue weighted by Crippen LogP contribution is -2.12. The number of nitrogens with two attached hydrogens (primary N) is 1. The third kappa shape index (κ3) is 2.51. The molecule has 20 heavy (non-hydrogen) atoms. The fraction of sp³-hybridized carbons (Fsp3) is 0.188. The first-order valence-electron chi connectivity index (χ1n) is 6.61. The van der Waals surface area contributed by atoms with Gasteiger partial charge in [-0.2, -0.15) is 0 Å². The van der Waals surface area contributed by atoms with E-state index in [1.165, 1.54) is 29.7 Å². The van der Waals surface area contributed by atoms with Gasteiger partial charge < -0.3 is 11.1 Å². The molecule has 0 atom stereocenters. The topological polar surface area (TPSA) is 38.0 Å². The van der Waals surface area contributed by atoms with Crippen LogP contribution in [0.25, 0.3) is 0 Å². The Morgan fingerprint density at radius 1 is 1.10 bits per heavy atom. The van der Waals surface area contributed by atoms with E-state index < -0.39 is 0 Å². The molecule has 0 amide bonds. The number of aryl methyl sites for hydroxylation is 2. The molecule has 3 N–H and O–H groups in total. The second kappa shape index (κ2) is 5.21. The fourth-order valence-corrected chi connectivity index (χ4v) is 2.80. The smallest absolute Gasteiger partial charge is 0.124 e. The number of rotatable bonds is 3. The first-order chi connectivity index (χ1) is 9.63. The van der Waals surface area contributed by atoms with Crippen molar-refractivity contribution in [3.8, 4) is 0 Å². The molecule has 0 aliphatic heterocycles. The monoisotopic (exact) mass is 286 g/mol. The lowest BCUT2D eigenvalue weighted by Gasteiger charge is -2.12. The summed E-state index contributed by atoms with van der Waals surface area (Å²) in [5, 5.41) is 3.28. The highest BCUT2D eigenvalue weighted by atomic mass is 32.1. The Balaban J connectivity index is 1.93. The average molecular weight is 286 g/mol. The molecule has 2 aromatic carbocycles. The van der Waals surface area contributed by atoms with E-state index in [0.717, 1.165) is 24.2 Å². The van der Waals surface area contributed by atoms with Gasteiger partial charge in [0, 0.05) is 16.9 Å². The van der Waals surface area contributed by atoms with Crippen molar-refractivity contribution in [1.82, 2.24) is 0 Å². The Bertz CT molecular complexity index is 682. The van der Waals surface area contributed by atoms with Gasteiger partial charge in [-0.1, -0.05) is 18.3 Å². The van der Waals surface area contributed by atoms with Crippen molar-refractivity contribution >= 4 is 28.6 Å². The van der Waals surface area contributed by atoms with Crippen LogP contribution in [0.3, 0.4) is 0 Å². The van der Waals surface area contributed by atoms with Crippen LogP contribution in [0.5, 0.6) is 0 Å². The van der Waals surface area contributed by atoms with Crippen LogP contribution < -0.4 is 11.1 Å². The first-order valence-corrected chi connectivity index (χ1v) is 7.02. The number of thiocarbonyl (C=S) groups is 1. The van der Waals surface area contributed by atoms with Gasteiger partial charge in [-0.3, -0.25) is 0 Å². The summed E-state index contributed by atoms with van der Waals surface area (Å²) >= 11 is 4.98. The molecule has 0 unspecified atom stereocenters. The van der Waals surface area contributed by atoms with E-state index in [4.69, 9.17) is 18.0 Å². The van der Waals surface area contributed by atoms with Crippen LogP contribution >= 0.6 is 12.2 Å². The van der Waals surface area contributed by atoms with E-state index in [0.29, 0.717) is 5.56 Å². The molecule has 0 bridgehead atoms. The average Bonchev–Trinajstić information content (AvgIpc) is 2.88. The van der Waals surface area contributed by atoms with E-state index in [9.17, 15) is 4.39 Å². The largest absolute Gasteiger partial charge is 0.389 e. The molecular weight excluding hydrogens is 271 g/mol. The van der Waals surface area contributed by atoms with Crippen molar-refractivity contribution in [2.75, 3.05) is 5.32 Å². The molecule has 2 nitrogen and oxygen atoms in total. The minimum Gasteiger partial charge on any atom is -0.389 e. The summed E-state index contributed by atoms with van der Waals surface area (Å²) in [5.74, 6) is -0.340. The van der Waals surface area contributed by atoms with Gasteiger partial charge in [0.05, 0.1) is 0 Å². The van der Waals surface area contributed by atoms with Crippen molar-refractivity contribution in [3.05, 3.63) is 58.9 Å². The standard InChI is InChI=1S/C16H15FN2S/c17-12-5-7-15(14(9-12)16(18)20)19-13-6-4-10-2-1-3-11(10)8-13/h4-9,19H,1-3H2,(H2,18,20). The van der Waals surface area contributed by atoms with Crippen LogP contribution in [0.15, 0.2) is 36.4 Å². The van der Waals surface area contributed by atoms with E-state index in [1.54, 1.807) is 6.07 Å². The molecule has 102 valence electrons. The maximum Gasteiger partial charge on any atom is 0.124 e. The van der Waals surface area contributed by atoms with Gasteiger partial charge in [-0.05, 0) is 60.7 Å². The third-order valence-electron chi connectivity index (χ3n) is 3.62. The zero-order valence-electron chi connectivity index (χ0n) is 10.9. The van der Waals surface area contributed by atoms with Crippen LogP contribution in [0.1, 0.15) is 23.1 Å². The van der Waals surface area contributed by atoms with Crippen molar-refractivity contribution in [1.29, 1.82) is 0 Å². The lowest BCUT2D eigenvalue weighted by molar-refractivity contribution is 0.628. The Labute approximate surface area is 122 Å². The van der Waals surface area contributed by atoms with Gasteiger partial charge in [0.15, 0.2) is 0 Å². The summed E-state index contributed by atoms with van der Waals surface area (Å²) in [6.07, 6.45) is 3.49. The van der Waals surface area contributed by atoms with Crippen LogP contribution in [-0.4, -0.2) is 4.99 Å². The molecule has 0 heterocycles. The van der Waals surface area contributed by atoms with Crippen LogP contribution in [0.4, 0.5) is 15.8 Å². The van der Waals surface area contributed by atoms with Gasteiger partial charge in [0.25, 0.3) is 0 Å². The molecule has 3 rings (SSSR count). The summed E-state index contributed by atoms with van der Waals surface area (Å²) in [5.41, 5.74) is 10.7. The van der Waals surface area contributed by atoms with Crippen LogP contribution in [0, 0.1) is 5.82 Å². The second-order valence-electron chi connectivity index (χ2n) is 5.02. The number of anilines is 2. The molecule has 1 aliphatic carbocycles. The molecule has 4 heteroatoms. The highest BCUT2D eigenvalue weighted by molar-refractivity contribution is 7.80. The quantitative estimate of drug-likeness (QED) is 0.845. The number of halogens is 1. The minimum absolute atomic E-state index is 0.188. The number of benzene rings is 2. The SMILES string of the molecule is NC(=S)c1cc(F)ccc1Nc1ccc2c(c1)CCC2. The number of fused-ring (bicyclic) bond motifs is 1. The van der Waals surface area contributed by atoms with Crippen molar-refractivity contribution in [2.24, 2.45) is 5.73 Å². The predicted molar refractivity (Wildman–Crippen MR) is 84.0 cm³/mol. The van der Waals surface area contributed by atoms with Gasteiger partial charge in [0.2, 0.25) is 0 Å². The van der Waals surface area contributed by atoms with E-state index in [-0.39, 0.29) is 10.8 Å². The Morgan fingerprint density at radius 3 is 2.70 bits per heavy atom. The fourth-order valence-electron chi connectivity index (χ4n) is 2.63. The summed E-state index contributed by atoms with van der Waals surface area (Å²) in [4.78, 5) is 0.188. The summed E-state index contributed by atoms with van der Waals surface area (Å²) in [7, 11) is 0. The van der Waals surface area contributed by atoms with Crippen molar-refractivity contribution in [3.63, 3.8) is 0 Å². The van der Waals surface area contributed by atoms with Crippen LogP contribution in [0.2, 0.25) is 0 Å². The second-order valence-corrected chi connectivity index (χ2v) is 5.46. The lowest BCUT2D eigenvalue weighted by atomic mass is 10.1. The van der Waals surface area contributed by atoms with Gasteiger partial charge in [-0.25, -0.2) is 4.39 Å². The van der Waals surface area contributed by atoms with E-state index >= 15 is 0 Å². The molecule has 2 aromatic rings. The number of hydrogen-bond donors (Lipinski definition) is 2. The highest BCUT2D eigenvalue weighted by Crippen LogP contribution is 2.28. The molecule has 0 saturated carbocycles. The van der Waals surface area contributed by atoms with Gasteiger partial charge >= 0.3 is 0 Å². The molecular formula is C16H15FN2S. The first kappa shape index (κ1) is 13.1. The van der Waals surface area contributed by atoms with E-state index in [2.05, 4.69) is 17.4 Å². The summed E-state index contributed by atoms with van der Waals surface area (Å²) in [6.45, 7) is 0. The summed E-state index contributed by atoms with van der Waals surface area (Å²) in [6, 6.07) is 10.8. The molecule has 0 saturated heterocycles. The van der Waals surface area contributed by atoms with Gasteiger partial charge in [0.1, 0.15) is 10.8 Å². The zero-order chi connectivity index (χ0) is 14.1. The highest BCUT2D eigenvalue weighted by Gasteiger charge is 2.12.